The van der Waals surface area contributed by atoms with Gasteiger partial charge in [0.25, 0.3) is 0 Å². The number of halogens is 5. The molecule has 1 aromatic carbocycles. The first kappa shape index (κ1) is 29.3. The minimum atomic E-state index is -4.70. The van der Waals surface area contributed by atoms with Gasteiger partial charge in [0.15, 0.2) is 11.3 Å². The van der Waals surface area contributed by atoms with Crippen molar-refractivity contribution >= 4 is 50.0 Å². The summed E-state index contributed by atoms with van der Waals surface area (Å²) < 4.78 is 65.7. The fourth-order valence-electron chi connectivity index (χ4n) is 5.71. The van der Waals surface area contributed by atoms with Gasteiger partial charge in [-0.1, -0.05) is 29.3 Å². The molecule has 4 heterocycles. The molecule has 2 fully saturated rings. The number of benzene rings is 1. The number of hydrogen-bond donors (Lipinski definition) is 0. The van der Waals surface area contributed by atoms with Crippen molar-refractivity contribution in [2.75, 3.05) is 49.6 Å². The third-order valence-corrected chi connectivity index (χ3v) is 9.46. The predicted molar refractivity (Wildman–Crippen MR) is 150 cm³/mol. The average molecular weight is 620 g/mol. The molecule has 2 aliphatic rings. The van der Waals surface area contributed by atoms with Crippen molar-refractivity contribution in [3.8, 4) is 0 Å². The molecule has 2 aromatic heterocycles. The van der Waals surface area contributed by atoms with E-state index in [9.17, 15) is 21.6 Å². The summed E-state index contributed by atoms with van der Waals surface area (Å²) in [5.41, 5.74) is -0.777. The first-order valence-electron chi connectivity index (χ1n) is 13.2. The predicted octanol–water partition coefficient (Wildman–Crippen LogP) is 5.34. The van der Waals surface area contributed by atoms with Crippen LogP contribution in [-0.4, -0.2) is 77.8 Å². The van der Waals surface area contributed by atoms with E-state index in [1.807, 2.05) is 4.90 Å². The second-order valence-electron chi connectivity index (χ2n) is 10.9. The maximum Gasteiger partial charge on any atom is 0.437 e. The highest BCUT2D eigenvalue weighted by Gasteiger charge is 2.40. The number of sulfone groups is 1. The molecule has 3 aromatic rings. The van der Waals surface area contributed by atoms with Gasteiger partial charge in [0.2, 0.25) is 0 Å². The number of rotatable bonds is 8. The van der Waals surface area contributed by atoms with Crippen LogP contribution in [0.5, 0.6) is 0 Å². The number of piperidine rings is 1. The van der Waals surface area contributed by atoms with Crippen LogP contribution in [0, 0.1) is 11.8 Å². The number of anilines is 1. The van der Waals surface area contributed by atoms with Gasteiger partial charge in [0.05, 0.1) is 18.0 Å². The van der Waals surface area contributed by atoms with Crippen LogP contribution in [0.1, 0.15) is 43.5 Å². The van der Waals surface area contributed by atoms with Crippen LogP contribution in [0.4, 0.5) is 19.0 Å². The molecule has 8 nitrogen and oxygen atoms in total. The zero-order valence-electron chi connectivity index (χ0n) is 22.2. The Bertz CT molecular complexity index is 1490. The number of aromatic nitrogens is 4. The lowest BCUT2D eigenvalue weighted by Gasteiger charge is -2.47. The van der Waals surface area contributed by atoms with Gasteiger partial charge < -0.3 is 9.80 Å². The summed E-state index contributed by atoms with van der Waals surface area (Å²) in [6.45, 7) is 5.85. The lowest BCUT2D eigenvalue weighted by molar-refractivity contribution is -0.140. The van der Waals surface area contributed by atoms with Crippen LogP contribution < -0.4 is 4.90 Å². The summed E-state index contributed by atoms with van der Waals surface area (Å²) in [5.74, 6) is 1.61. The highest BCUT2D eigenvalue weighted by molar-refractivity contribution is 7.90. The summed E-state index contributed by atoms with van der Waals surface area (Å²) in [5, 5.41) is 4.64. The lowest BCUT2D eigenvalue weighted by atomic mass is 9.80. The molecule has 5 rings (SSSR count). The van der Waals surface area contributed by atoms with Crippen molar-refractivity contribution in [1.29, 1.82) is 0 Å². The fraction of sp³-hybridized carbons (Fsp3) is 0.577. The Balaban J connectivity index is 1.33. The largest absolute Gasteiger partial charge is 0.437 e. The minimum absolute atomic E-state index is 0.0431. The molecule has 0 aliphatic carbocycles. The van der Waals surface area contributed by atoms with Crippen LogP contribution in [0.2, 0.25) is 10.0 Å². The molecule has 0 N–H and O–H groups in total. The van der Waals surface area contributed by atoms with Gasteiger partial charge in [0, 0.05) is 35.9 Å². The third kappa shape index (κ3) is 6.34. The molecule has 0 saturated carbocycles. The van der Waals surface area contributed by atoms with Gasteiger partial charge in [-0.05, 0) is 68.8 Å². The van der Waals surface area contributed by atoms with Crippen molar-refractivity contribution in [1.82, 2.24) is 24.6 Å². The van der Waals surface area contributed by atoms with Gasteiger partial charge in [-0.15, -0.1) is 0 Å². The quantitative estimate of drug-likeness (QED) is 0.337. The van der Waals surface area contributed by atoms with Crippen LogP contribution >= 0.6 is 23.2 Å². The zero-order valence-corrected chi connectivity index (χ0v) is 24.5. The number of alkyl halides is 3. The lowest BCUT2D eigenvalue weighted by Crippen LogP contribution is -2.54. The van der Waals surface area contributed by atoms with Crippen molar-refractivity contribution in [3.63, 3.8) is 0 Å². The van der Waals surface area contributed by atoms with Crippen LogP contribution in [-0.2, 0) is 16.0 Å². The fourth-order valence-corrected chi connectivity index (χ4v) is 6.93. The molecule has 0 spiro atoms. The second-order valence-corrected chi connectivity index (χ2v) is 14.0. The Morgan fingerprint density at radius 1 is 1.15 bits per heavy atom. The van der Waals surface area contributed by atoms with Crippen LogP contribution in [0.25, 0.3) is 11.2 Å². The first-order valence-corrected chi connectivity index (χ1v) is 16.0. The third-order valence-electron chi connectivity index (χ3n) is 7.87. The average Bonchev–Trinajstić information content (AvgIpc) is 3.22. The molecule has 218 valence electrons. The van der Waals surface area contributed by atoms with E-state index >= 15 is 0 Å². The number of likely N-dealkylation sites (tertiary alicyclic amines) is 1. The van der Waals surface area contributed by atoms with E-state index in [1.54, 1.807) is 25.1 Å². The summed E-state index contributed by atoms with van der Waals surface area (Å²) >= 11 is 12.4. The maximum absolute atomic E-state index is 13.9. The van der Waals surface area contributed by atoms with E-state index < -0.39 is 27.7 Å². The van der Waals surface area contributed by atoms with Crippen LogP contribution in [0.15, 0.2) is 24.4 Å². The molecule has 2 aliphatic heterocycles. The van der Waals surface area contributed by atoms with Crippen molar-refractivity contribution in [2.45, 2.75) is 38.4 Å². The zero-order chi connectivity index (χ0) is 28.8. The molecular weight excluding hydrogens is 588 g/mol. The van der Waals surface area contributed by atoms with Crippen molar-refractivity contribution < 1.29 is 21.6 Å². The molecular formula is C26H31Cl2F3N6O2S. The summed E-state index contributed by atoms with van der Waals surface area (Å²) in [4.78, 5) is 13.2. The molecule has 0 radical (unpaired) electrons. The molecule has 40 heavy (non-hydrogen) atoms. The molecule has 2 atom stereocenters. The Labute approximate surface area is 241 Å². The molecule has 0 bridgehead atoms. The standard InChI is InChI=1S/C26H31Cl2F3N6O2S/c1-16(20-7-6-19(27)11-21(20)28)37-25-23(24(34-37)26(29,30)31)32-12-22(33-25)36-14-18(15-36)17-5-3-8-35(13-17)9-4-10-40(2,38)39/h6-7,11-12,16-18H,3-5,8-10,13-15H2,1-2H3/t16?,17-/m1/s1. The summed E-state index contributed by atoms with van der Waals surface area (Å²) in [6.07, 6.45) is 0.755. The first-order chi connectivity index (χ1) is 18.8. The minimum Gasteiger partial charge on any atom is -0.355 e. The maximum atomic E-state index is 13.9. The van der Waals surface area contributed by atoms with Gasteiger partial charge in [-0.3, -0.25) is 0 Å². The van der Waals surface area contributed by atoms with Gasteiger partial charge in [-0.25, -0.2) is 23.1 Å². The van der Waals surface area contributed by atoms with Crippen molar-refractivity contribution in [2.24, 2.45) is 11.8 Å². The van der Waals surface area contributed by atoms with Gasteiger partial charge in [-0.2, -0.15) is 18.3 Å². The van der Waals surface area contributed by atoms with E-state index in [1.165, 1.54) is 17.1 Å². The summed E-state index contributed by atoms with van der Waals surface area (Å²) in [6, 6.07) is 4.20. The van der Waals surface area contributed by atoms with E-state index in [4.69, 9.17) is 23.2 Å². The normalized spacial score (nSPS) is 20.2. The Kier molecular flexibility index (Phi) is 8.26. The van der Waals surface area contributed by atoms with E-state index in [-0.39, 0.29) is 16.9 Å². The summed E-state index contributed by atoms with van der Waals surface area (Å²) in [7, 11) is -2.96. The Morgan fingerprint density at radius 2 is 1.90 bits per heavy atom. The molecule has 1 unspecified atom stereocenters. The highest BCUT2D eigenvalue weighted by Crippen LogP contribution is 2.38. The van der Waals surface area contributed by atoms with E-state index in [0.29, 0.717) is 39.7 Å². The molecule has 14 heteroatoms. The van der Waals surface area contributed by atoms with E-state index in [0.717, 1.165) is 45.6 Å². The highest BCUT2D eigenvalue weighted by atomic mass is 35.5. The Morgan fingerprint density at radius 3 is 2.58 bits per heavy atom. The Hall–Kier alpha value is -2.15. The van der Waals surface area contributed by atoms with Gasteiger partial charge >= 0.3 is 6.18 Å². The number of hydrogen-bond acceptors (Lipinski definition) is 7. The molecule has 0 amide bonds. The van der Waals surface area contributed by atoms with Crippen molar-refractivity contribution in [3.05, 3.63) is 45.7 Å². The molecule has 2 saturated heterocycles. The van der Waals surface area contributed by atoms with Crippen LogP contribution in [0.3, 0.4) is 0 Å². The monoisotopic (exact) mass is 618 g/mol. The number of fused-ring (bicyclic) bond motifs is 1. The number of nitrogens with zero attached hydrogens (tertiary/aromatic N) is 6. The second kappa shape index (κ2) is 11.3. The topological polar surface area (TPSA) is 84.2 Å². The smallest absolute Gasteiger partial charge is 0.355 e. The van der Waals surface area contributed by atoms with E-state index in [2.05, 4.69) is 20.0 Å². The van der Waals surface area contributed by atoms with Gasteiger partial charge in [0.1, 0.15) is 21.2 Å². The SMILES string of the molecule is CC(c1ccc(Cl)cc1Cl)n1nc(C(F)(F)F)c2ncc(N3CC([C@@H]4CCCN(CCCS(C)(=O)=O)C4)C3)nc21.